The van der Waals surface area contributed by atoms with Crippen molar-refractivity contribution in [3.63, 3.8) is 0 Å². The van der Waals surface area contributed by atoms with E-state index < -0.39 is 12.1 Å². The summed E-state index contributed by atoms with van der Waals surface area (Å²) in [6, 6.07) is -0.644. The van der Waals surface area contributed by atoms with Crippen molar-refractivity contribution in [3.8, 4) is 0 Å². The van der Waals surface area contributed by atoms with E-state index in [1.165, 1.54) is 83.5 Å². The van der Waals surface area contributed by atoms with E-state index in [0.717, 1.165) is 38.5 Å². The molecule has 0 rings (SSSR count). The third-order valence-electron chi connectivity index (χ3n) is 6.86. The topological polar surface area (TPSA) is 69.6 Å². The highest BCUT2D eigenvalue weighted by molar-refractivity contribution is 5.76. The first-order chi connectivity index (χ1) is 18.7. The van der Waals surface area contributed by atoms with Gasteiger partial charge in [0.05, 0.1) is 18.8 Å². The highest BCUT2D eigenvalue weighted by Gasteiger charge is 2.17. The third kappa shape index (κ3) is 26.0. The van der Waals surface area contributed by atoms with E-state index in [1.807, 2.05) is 13.0 Å². The van der Waals surface area contributed by atoms with Crippen LogP contribution in [-0.4, -0.2) is 34.9 Å². The van der Waals surface area contributed by atoms with Crippen LogP contribution in [0.25, 0.3) is 0 Å². The fraction of sp³-hybridized carbons (Fsp3) is 0.735. The maximum absolute atomic E-state index is 12.2. The van der Waals surface area contributed by atoms with E-state index in [9.17, 15) is 15.0 Å². The second kappa shape index (κ2) is 29.9. The van der Waals surface area contributed by atoms with Gasteiger partial charge in [0.1, 0.15) is 0 Å². The van der Waals surface area contributed by atoms with E-state index in [2.05, 4.69) is 48.7 Å². The minimum atomic E-state index is -0.868. The lowest BCUT2D eigenvalue weighted by Crippen LogP contribution is -2.45. The van der Waals surface area contributed by atoms with Crippen LogP contribution in [-0.2, 0) is 4.79 Å². The zero-order valence-electron chi connectivity index (χ0n) is 24.9. The molecule has 4 heteroatoms. The summed E-state index contributed by atoms with van der Waals surface area (Å²) in [5.41, 5.74) is 0. The molecule has 0 aromatic rings. The summed E-state index contributed by atoms with van der Waals surface area (Å²) in [4.78, 5) is 12.2. The van der Waals surface area contributed by atoms with Crippen molar-refractivity contribution in [1.29, 1.82) is 0 Å². The SMILES string of the molecule is C/C=C/CC/C=C/CC/C=C/C(O)C(CO)NC(=O)CCCCCCCCC/C=C\CCCCCCCC. The lowest BCUT2D eigenvalue weighted by molar-refractivity contribution is -0.123. The molecule has 0 aliphatic carbocycles. The predicted octanol–water partition coefficient (Wildman–Crippen LogP) is 8.89. The number of hydrogen-bond acceptors (Lipinski definition) is 3. The number of hydrogen-bond donors (Lipinski definition) is 3. The summed E-state index contributed by atoms with van der Waals surface area (Å²) in [6.45, 7) is 4.03. The van der Waals surface area contributed by atoms with Crippen LogP contribution < -0.4 is 5.32 Å². The van der Waals surface area contributed by atoms with Gasteiger partial charge in [-0.3, -0.25) is 4.79 Å². The maximum Gasteiger partial charge on any atom is 0.220 e. The van der Waals surface area contributed by atoms with Crippen molar-refractivity contribution in [2.24, 2.45) is 0 Å². The Hall–Kier alpha value is -1.65. The quantitative estimate of drug-likeness (QED) is 0.0732. The predicted molar refractivity (Wildman–Crippen MR) is 165 cm³/mol. The molecule has 0 saturated carbocycles. The van der Waals surface area contributed by atoms with E-state index in [4.69, 9.17) is 0 Å². The largest absolute Gasteiger partial charge is 0.394 e. The summed E-state index contributed by atoms with van der Waals surface area (Å²) in [6.07, 6.45) is 39.2. The normalized spacial score (nSPS) is 13.9. The third-order valence-corrected chi connectivity index (χ3v) is 6.86. The van der Waals surface area contributed by atoms with Crippen LogP contribution in [0.1, 0.15) is 142 Å². The summed E-state index contributed by atoms with van der Waals surface area (Å²) in [7, 11) is 0. The van der Waals surface area contributed by atoms with Gasteiger partial charge < -0.3 is 15.5 Å². The number of aliphatic hydroxyl groups is 2. The second-order valence-electron chi connectivity index (χ2n) is 10.5. The Morgan fingerprint density at radius 2 is 1.13 bits per heavy atom. The highest BCUT2D eigenvalue weighted by Crippen LogP contribution is 2.11. The molecule has 220 valence electrons. The number of unbranched alkanes of at least 4 members (excludes halogenated alkanes) is 15. The Morgan fingerprint density at radius 1 is 0.658 bits per heavy atom. The Morgan fingerprint density at radius 3 is 1.68 bits per heavy atom. The molecular weight excluding hydrogens is 470 g/mol. The number of carbonyl (C=O) groups excluding carboxylic acids is 1. The first kappa shape index (κ1) is 36.4. The van der Waals surface area contributed by atoms with Crippen molar-refractivity contribution in [1.82, 2.24) is 5.32 Å². The molecule has 0 bridgehead atoms. The molecule has 2 atom stereocenters. The van der Waals surface area contributed by atoms with Gasteiger partial charge in [-0.1, -0.05) is 120 Å². The van der Waals surface area contributed by atoms with Crippen LogP contribution in [0.5, 0.6) is 0 Å². The van der Waals surface area contributed by atoms with Crippen molar-refractivity contribution in [2.45, 2.75) is 154 Å². The summed E-state index contributed by atoms with van der Waals surface area (Å²) in [5.74, 6) is -0.0895. The number of carbonyl (C=O) groups is 1. The average molecular weight is 532 g/mol. The molecule has 0 aromatic heterocycles. The minimum Gasteiger partial charge on any atom is -0.394 e. The van der Waals surface area contributed by atoms with Crippen LogP contribution >= 0.6 is 0 Å². The van der Waals surface area contributed by atoms with Gasteiger partial charge in [0.2, 0.25) is 5.91 Å². The summed E-state index contributed by atoms with van der Waals surface area (Å²) < 4.78 is 0. The highest BCUT2D eigenvalue weighted by atomic mass is 16.3. The lowest BCUT2D eigenvalue weighted by Gasteiger charge is -2.19. The van der Waals surface area contributed by atoms with Gasteiger partial charge in [0, 0.05) is 6.42 Å². The van der Waals surface area contributed by atoms with Crippen LogP contribution in [0.4, 0.5) is 0 Å². The van der Waals surface area contributed by atoms with Crippen molar-refractivity contribution < 1.29 is 15.0 Å². The number of rotatable bonds is 27. The maximum atomic E-state index is 12.2. The molecule has 2 unspecified atom stereocenters. The zero-order chi connectivity index (χ0) is 27.9. The Bertz CT molecular complexity index is 623. The van der Waals surface area contributed by atoms with Gasteiger partial charge >= 0.3 is 0 Å². The molecule has 0 aliphatic heterocycles. The fourth-order valence-electron chi connectivity index (χ4n) is 4.38. The van der Waals surface area contributed by atoms with Gasteiger partial charge in [0.25, 0.3) is 0 Å². The van der Waals surface area contributed by atoms with Gasteiger partial charge in [-0.05, 0) is 64.7 Å². The molecule has 0 aliphatic rings. The Balaban J connectivity index is 3.68. The first-order valence-corrected chi connectivity index (χ1v) is 15.8. The second-order valence-corrected chi connectivity index (χ2v) is 10.5. The van der Waals surface area contributed by atoms with E-state index >= 15 is 0 Å². The van der Waals surface area contributed by atoms with Gasteiger partial charge in [0.15, 0.2) is 0 Å². The number of amides is 1. The van der Waals surface area contributed by atoms with Crippen molar-refractivity contribution >= 4 is 5.91 Å². The smallest absolute Gasteiger partial charge is 0.220 e. The van der Waals surface area contributed by atoms with E-state index in [0.29, 0.717) is 6.42 Å². The molecule has 0 aromatic carbocycles. The molecule has 0 spiro atoms. The Labute approximate surface area is 235 Å². The van der Waals surface area contributed by atoms with Crippen molar-refractivity contribution in [2.75, 3.05) is 6.61 Å². The van der Waals surface area contributed by atoms with Crippen LogP contribution in [0.15, 0.2) is 48.6 Å². The van der Waals surface area contributed by atoms with Crippen molar-refractivity contribution in [3.05, 3.63) is 48.6 Å². The average Bonchev–Trinajstić information content (AvgIpc) is 2.92. The summed E-state index contributed by atoms with van der Waals surface area (Å²) in [5, 5.41) is 22.7. The number of aliphatic hydroxyl groups excluding tert-OH is 2. The first-order valence-electron chi connectivity index (χ1n) is 15.8. The molecule has 38 heavy (non-hydrogen) atoms. The zero-order valence-corrected chi connectivity index (χ0v) is 24.9. The van der Waals surface area contributed by atoms with Gasteiger partial charge in [-0.2, -0.15) is 0 Å². The molecular formula is C34H61NO3. The van der Waals surface area contributed by atoms with Crippen LogP contribution in [0, 0.1) is 0 Å². The van der Waals surface area contributed by atoms with Crippen LogP contribution in [0.3, 0.4) is 0 Å². The molecule has 0 fully saturated rings. The molecule has 0 saturated heterocycles. The molecule has 1 amide bonds. The Kier molecular flexibility index (Phi) is 28.6. The molecule has 0 heterocycles. The van der Waals surface area contributed by atoms with Gasteiger partial charge in [-0.15, -0.1) is 0 Å². The molecule has 0 radical (unpaired) electrons. The minimum absolute atomic E-state index is 0.0895. The molecule has 4 nitrogen and oxygen atoms in total. The monoisotopic (exact) mass is 531 g/mol. The van der Waals surface area contributed by atoms with Gasteiger partial charge in [-0.25, -0.2) is 0 Å². The van der Waals surface area contributed by atoms with Crippen LogP contribution in [0.2, 0.25) is 0 Å². The lowest BCUT2D eigenvalue weighted by atomic mass is 10.1. The number of nitrogens with one attached hydrogen (secondary N) is 1. The fourth-order valence-corrected chi connectivity index (χ4v) is 4.38. The number of allylic oxidation sites excluding steroid dienone is 7. The summed E-state index contributed by atoms with van der Waals surface area (Å²) >= 11 is 0. The van der Waals surface area contributed by atoms with E-state index in [-0.39, 0.29) is 12.5 Å². The van der Waals surface area contributed by atoms with E-state index in [1.54, 1.807) is 6.08 Å². The molecule has 3 N–H and O–H groups in total. The standard InChI is InChI=1S/C34H61NO3/c1-3-5-7-9-11-13-14-15-16-17-18-19-20-22-24-26-28-30-34(38)35-32(31-36)33(37)29-27-25-23-21-12-10-8-6-4-2/h4,6,12,15-16,21,27,29,32-33,36-37H,3,5,7-11,13-14,17-20,22-26,28,30-31H2,1-2H3,(H,35,38)/b6-4+,16-15-,21-12+,29-27+.